The van der Waals surface area contributed by atoms with Crippen molar-refractivity contribution in [2.75, 3.05) is 5.32 Å². The van der Waals surface area contributed by atoms with Gasteiger partial charge in [0, 0.05) is 12.2 Å². The molecule has 0 aliphatic heterocycles. The molecule has 0 radical (unpaired) electrons. The summed E-state index contributed by atoms with van der Waals surface area (Å²) in [5.41, 5.74) is 17.4. The van der Waals surface area contributed by atoms with Gasteiger partial charge in [0.2, 0.25) is 11.8 Å². The Balaban J connectivity index is 2.70. The van der Waals surface area contributed by atoms with Crippen LogP contribution in [0.4, 0.5) is 5.69 Å². The first-order valence-corrected chi connectivity index (χ1v) is 5.17. The Kier molecular flexibility index (Phi) is 4.62. The van der Waals surface area contributed by atoms with E-state index in [-0.39, 0.29) is 6.42 Å². The van der Waals surface area contributed by atoms with Gasteiger partial charge in [0.05, 0.1) is 12.5 Å². The summed E-state index contributed by atoms with van der Waals surface area (Å²) in [7, 11) is 0. The van der Waals surface area contributed by atoms with Gasteiger partial charge in [-0.1, -0.05) is 18.2 Å². The molecule has 0 unspecified atom stereocenters. The predicted octanol–water partition coefficient (Wildman–Crippen LogP) is -0.713. The normalized spacial score (nSPS) is 11.9. The minimum atomic E-state index is -0.946. The Morgan fingerprint density at radius 2 is 1.94 bits per heavy atom. The van der Waals surface area contributed by atoms with Gasteiger partial charge in [-0.3, -0.25) is 9.59 Å². The molecule has 2 amide bonds. The Morgan fingerprint density at radius 3 is 2.53 bits per heavy atom. The van der Waals surface area contributed by atoms with E-state index >= 15 is 0 Å². The molecule has 6 nitrogen and oxygen atoms in total. The van der Waals surface area contributed by atoms with Gasteiger partial charge in [0.1, 0.15) is 0 Å². The maximum absolute atomic E-state index is 11.6. The molecule has 6 heteroatoms. The maximum atomic E-state index is 11.6. The topological polar surface area (TPSA) is 124 Å². The highest BCUT2D eigenvalue weighted by Gasteiger charge is 2.16. The summed E-state index contributed by atoms with van der Waals surface area (Å²) in [6.45, 7) is 0.307. The molecule has 0 fully saturated rings. The molecule has 1 aromatic carbocycles. The Morgan fingerprint density at radius 1 is 1.29 bits per heavy atom. The van der Waals surface area contributed by atoms with Crippen molar-refractivity contribution in [2.45, 2.75) is 19.0 Å². The average molecular weight is 236 g/mol. The second-order valence-corrected chi connectivity index (χ2v) is 3.63. The number of carbonyl (C=O) groups is 2. The predicted molar refractivity (Wildman–Crippen MR) is 64.7 cm³/mol. The molecule has 0 saturated heterocycles. The second kappa shape index (κ2) is 5.97. The zero-order valence-electron chi connectivity index (χ0n) is 9.35. The number of nitrogens with one attached hydrogen (secondary N) is 1. The summed E-state index contributed by atoms with van der Waals surface area (Å²) in [6, 6.07) is 6.17. The Labute approximate surface area is 99.1 Å². The number of rotatable bonds is 5. The molecule has 0 aliphatic rings. The Bertz CT molecular complexity index is 420. The van der Waals surface area contributed by atoms with Crippen molar-refractivity contribution >= 4 is 17.5 Å². The molecular formula is C11H16N4O2. The molecule has 1 atom stereocenters. The quantitative estimate of drug-likeness (QED) is 0.538. The van der Waals surface area contributed by atoms with Gasteiger partial charge in [-0.15, -0.1) is 0 Å². The number of carbonyl (C=O) groups excluding carboxylic acids is 2. The smallest absolute Gasteiger partial charge is 0.241 e. The van der Waals surface area contributed by atoms with Crippen molar-refractivity contribution in [2.24, 2.45) is 17.2 Å². The summed E-state index contributed by atoms with van der Waals surface area (Å²) in [5.74, 6) is -1.07. The molecule has 0 spiro atoms. The van der Waals surface area contributed by atoms with Crippen LogP contribution < -0.4 is 22.5 Å². The van der Waals surface area contributed by atoms with Crippen LogP contribution in [0.3, 0.4) is 0 Å². The summed E-state index contributed by atoms with van der Waals surface area (Å²) in [5, 5.41) is 2.61. The lowest BCUT2D eigenvalue weighted by Crippen LogP contribution is -2.39. The number of benzene rings is 1. The van der Waals surface area contributed by atoms with Crippen molar-refractivity contribution in [3.05, 3.63) is 29.8 Å². The number of nitrogens with two attached hydrogens (primary N) is 3. The third-order valence-electron chi connectivity index (χ3n) is 2.25. The number of anilines is 1. The van der Waals surface area contributed by atoms with E-state index in [9.17, 15) is 9.59 Å². The van der Waals surface area contributed by atoms with E-state index in [4.69, 9.17) is 17.2 Å². The molecule has 0 heterocycles. The SMILES string of the molecule is NCc1ccccc1NC(=O)[C@@H](N)CC(N)=O. The van der Waals surface area contributed by atoms with Crippen LogP contribution in [-0.2, 0) is 16.1 Å². The van der Waals surface area contributed by atoms with Gasteiger partial charge in [-0.05, 0) is 11.6 Å². The highest BCUT2D eigenvalue weighted by atomic mass is 16.2. The first-order chi connectivity index (χ1) is 8.04. The molecule has 0 aromatic heterocycles. The van der Waals surface area contributed by atoms with Crippen LogP contribution in [0, 0.1) is 0 Å². The van der Waals surface area contributed by atoms with Gasteiger partial charge in [0.25, 0.3) is 0 Å². The molecule has 7 N–H and O–H groups in total. The monoisotopic (exact) mass is 236 g/mol. The van der Waals surface area contributed by atoms with Crippen LogP contribution in [0.1, 0.15) is 12.0 Å². The van der Waals surface area contributed by atoms with Gasteiger partial charge >= 0.3 is 0 Å². The molecule has 17 heavy (non-hydrogen) atoms. The third kappa shape index (κ3) is 3.86. The van der Waals surface area contributed by atoms with Crippen molar-refractivity contribution in [1.29, 1.82) is 0 Å². The summed E-state index contributed by atoms with van der Waals surface area (Å²) in [4.78, 5) is 22.3. The minimum absolute atomic E-state index is 0.184. The lowest BCUT2D eigenvalue weighted by molar-refractivity contribution is -0.123. The van der Waals surface area contributed by atoms with E-state index in [2.05, 4.69) is 5.32 Å². The number of hydrogen-bond donors (Lipinski definition) is 4. The van der Waals surface area contributed by atoms with Gasteiger partial charge in [-0.25, -0.2) is 0 Å². The minimum Gasteiger partial charge on any atom is -0.370 e. The van der Waals surface area contributed by atoms with Crippen molar-refractivity contribution in [3.63, 3.8) is 0 Å². The fourth-order valence-electron chi connectivity index (χ4n) is 1.36. The van der Waals surface area contributed by atoms with E-state index < -0.39 is 17.9 Å². The number of amides is 2. The molecule has 1 rings (SSSR count). The Hall–Kier alpha value is -1.92. The van der Waals surface area contributed by atoms with Crippen LogP contribution in [0.15, 0.2) is 24.3 Å². The maximum Gasteiger partial charge on any atom is 0.241 e. The average Bonchev–Trinajstić information content (AvgIpc) is 2.28. The van der Waals surface area contributed by atoms with E-state index in [0.29, 0.717) is 12.2 Å². The van der Waals surface area contributed by atoms with Gasteiger partial charge in [0.15, 0.2) is 0 Å². The molecule has 0 saturated carbocycles. The van der Waals surface area contributed by atoms with Crippen LogP contribution in [0.25, 0.3) is 0 Å². The largest absolute Gasteiger partial charge is 0.370 e. The van der Waals surface area contributed by atoms with Crippen molar-refractivity contribution in [1.82, 2.24) is 0 Å². The van der Waals surface area contributed by atoms with Crippen LogP contribution in [0.5, 0.6) is 0 Å². The number of para-hydroxylation sites is 1. The molecule has 92 valence electrons. The summed E-state index contributed by atoms with van der Waals surface area (Å²) < 4.78 is 0. The van der Waals surface area contributed by atoms with Gasteiger partial charge < -0.3 is 22.5 Å². The van der Waals surface area contributed by atoms with Crippen molar-refractivity contribution < 1.29 is 9.59 Å². The fourth-order valence-corrected chi connectivity index (χ4v) is 1.36. The highest BCUT2D eigenvalue weighted by molar-refractivity contribution is 5.97. The van der Waals surface area contributed by atoms with E-state index in [1.165, 1.54) is 0 Å². The lowest BCUT2D eigenvalue weighted by atomic mass is 10.1. The molecule has 1 aromatic rings. The van der Waals surface area contributed by atoms with Crippen LogP contribution >= 0.6 is 0 Å². The highest BCUT2D eigenvalue weighted by Crippen LogP contribution is 2.14. The van der Waals surface area contributed by atoms with Crippen molar-refractivity contribution in [3.8, 4) is 0 Å². The molecular weight excluding hydrogens is 220 g/mol. The van der Waals surface area contributed by atoms with E-state index in [0.717, 1.165) is 5.56 Å². The van der Waals surface area contributed by atoms with Crippen LogP contribution in [0.2, 0.25) is 0 Å². The van der Waals surface area contributed by atoms with E-state index in [1.54, 1.807) is 18.2 Å². The van der Waals surface area contributed by atoms with E-state index in [1.807, 2.05) is 6.07 Å². The molecule has 0 bridgehead atoms. The zero-order valence-corrected chi connectivity index (χ0v) is 9.35. The lowest BCUT2D eigenvalue weighted by Gasteiger charge is -2.13. The second-order valence-electron chi connectivity index (χ2n) is 3.63. The van der Waals surface area contributed by atoms with Crippen LogP contribution in [-0.4, -0.2) is 17.9 Å². The number of hydrogen-bond acceptors (Lipinski definition) is 4. The first kappa shape index (κ1) is 13.1. The summed E-state index contributed by atoms with van der Waals surface area (Å²) >= 11 is 0. The first-order valence-electron chi connectivity index (χ1n) is 5.17. The standard InChI is InChI=1S/C11H16N4O2/c12-6-7-3-1-2-4-9(7)15-11(17)8(13)5-10(14)16/h1-4,8H,5-6,12-13H2,(H2,14,16)(H,15,17)/t8-/m0/s1. The van der Waals surface area contributed by atoms with Gasteiger partial charge in [-0.2, -0.15) is 0 Å². The number of primary amides is 1. The summed E-state index contributed by atoms with van der Waals surface area (Å²) in [6.07, 6.45) is -0.184. The third-order valence-corrected chi connectivity index (χ3v) is 2.25. The fraction of sp³-hybridized carbons (Fsp3) is 0.273. The zero-order chi connectivity index (χ0) is 12.8. The molecule has 0 aliphatic carbocycles.